The number of para-hydroxylation sites is 1. The van der Waals surface area contributed by atoms with Crippen LogP contribution in [0.1, 0.15) is 12.5 Å². The number of likely N-dealkylation sites (N-methyl/N-ethyl adjacent to an activating group) is 1. The van der Waals surface area contributed by atoms with Crippen LogP contribution < -0.4 is 15.2 Å². The third-order valence-corrected chi connectivity index (χ3v) is 2.82. The molecule has 0 aliphatic carbocycles. The van der Waals surface area contributed by atoms with Gasteiger partial charge < -0.3 is 20.1 Å². The lowest BCUT2D eigenvalue weighted by atomic mass is 10.1. The molecule has 0 fully saturated rings. The van der Waals surface area contributed by atoms with Gasteiger partial charge in [0.1, 0.15) is 13.2 Å². The predicted octanol–water partition coefficient (Wildman–Crippen LogP) is 0.763. The second-order valence-electron chi connectivity index (χ2n) is 4.42. The van der Waals surface area contributed by atoms with Gasteiger partial charge in [-0.25, -0.2) is 0 Å². The number of benzene rings is 1. The Labute approximate surface area is 106 Å². The quantitative estimate of drug-likeness (QED) is 0.860. The van der Waals surface area contributed by atoms with E-state index in [1.807, 2.05) is 18.2 Å². The van der Waals surface area contributed by atoms with E-state index in [4.69, 9.17) is 15.2 Å². The summed E-state index contributed by atoms with van der Waals surface area (Å²) in [6, 6.07) is 5.20. The van der Waals surface area contributed by atoms with Crippen molar-refractivity contribution in [2.75, 3.05) is 20.3 Å². The van der Waals surface area contributed by atoms with E-state index in [-0.39, 0.29) is 5.91 Å². The average Bonchev–Trinajstić information content (AvgIpc) is 2.38. The largest absolute Gasteiger partial charge is 0.486 e. The van der Waals surface area contributed by atoms with E-state index in [0.29, 0.717) is 19.8 Å². The first-order chi connectivity index (χ1) is 8.59. The number of rotatable bonds is 3. The Kier molecular flexibility index (Phi) is 3.72. The molecule has 98 valence electrons. The molecule has 0 saturated heterocycles. The standard InChI is InChI=1S/C13H18N2O3/c1-9(14)13(16)15(2)8-10-4-3-5-11-12(10)18-7-6-17-11/h3-5,9H,6-8,14H2,1-2H3. The fourth-order valence-corrected chi connectivity index (χ4v) is 1.94. The number of hydrogen-bond acceptors (Lipinski definition) is 4. The SMILES string of the molecule is CC(N)C(=O)N(C)Cc1cccc2c1OCCO2. The van der Waals surface area contributed by atoms with Crippen LogP contribution in [-0.4, -0.2) is 37.1 Å². The molecule has 18 heavy (non-hydrogen) atoms. The van der Waals surface area contributed by atoms with Gasteiger partial charge >= 0.3 is 0 Å². The molecule has 1 aromatic rings. The van der Waals surface area contributed by atoms with E-state index < -0.39 is 6.04 Å². The highest BCUT2D eigenvalue weighted by Crippen LogP contribution is 2.34. The van der Waals surface area contributed by atoms with E-state index >= 15 is 0 Å². The first-order valence-electron chi connectivity index (χ1n) is 5.97. The van der Waals surface area contributed by atoms with Gasteiger partial charge in [0.2, 0.25) is 5.91 Å². The molecule has 0 radical (unpaired) electrons. The summed E-state index contributed by atoms with van der Waals surface area (Å²) in [6.45, 7) is 3.24. The van der Waals surface area contributed by atoms with Gasteiger partial charge in [-0.3, -0.25) is 4.79 Å². The number of nitrogens with zero attached hydrogens (tertiary/aromatic N) is 1. The normalized spacial score (nSPS) is 15.1. The van der Waals surface area contributed by atoms with Crippen molar-refractivity contribution in [3.05, 3.63) is 23.8 Å². The average molecular weight is 250 g/mol. The van der Waals surface area contributed by atoms with Crippen molar-refractivity contribution >= 4 is 5.91 Å². The topological polar surface area (TPSA) is 64.8 Å². The Bertz CT molecular complexity index is 446. The molecule has 1 heterocycles. The highest BCUT2D eigenvalue weighted by molar-refractivity contribution is 5.81. The van der Waals surface area contributed by atoms with Crippen LogP contribution in [0.15, 0.2) is 18.2 Å². The Morgan fingerprint density at radius 3 is 2.89 bits per heavy atom. The molecule has 1 atom stereocenters. The fraction of sp³-hybridized carbons (Fsp3) is 0.462. The Hall–Kier alpha value is -1.75. The summed E-state index contributed by atoms with van der Waals surface area (Å²) in [5.41, 5.74) is 6.52. The van der Waals surface area contributed by atoms with Gasteiger partial charge in [-0.1, -0.05) is 12.1 Å². The van der Waals surface area contributed by atoms with Gasteiger partial charge in [0, 0.05) is 19.2 Å². The van der Waals surface area contributed by atoms with E-state index in [0.717, 1.165) is 17.1 Å². The Morgan fingerprint density at radius 1 is 1.44 bits per heavy atom. The number of hydrogen-bond donors (Lipinski definition) is 1. The van der Waals surface area contributed by atoms with Crippen LogP contribution in [0.2, 0.25) is 0 Å². The highest BCUT2D eigenvalue weighted by Gasteiger charge is 2.19. The lowest BCUT2D eigenvalue weighted by Crippen LogP contribution is -2.39. The van der Waals surface area contributed by atoms with Gasteiger partial charge in [0.25, 0.3) is 0 Å². The molecular formula is C13H18N2O3. The first kappa shape index (κ1) is 12.7. The minimum absolute atomic E-state index is 0.0932. The van der Waals surface area contributed by atoms with Gasteiger partial charge in [-0.15, -0.1) is 0 Å². The van der Waals surface area contributed by atoms with Crippen molar-refractivity contribution in [2.24, 2.45) is 5.73 Å². The van der Waals surface area contributed by atoms with Crippen LogP contribution in [0, 0.1) is 0 Å². The fourth-order valence-electron chi connectivity index (χ4n) is 1.94. The maximum Gasteiger partial charge on any atom is 0.239 e. The molecule has 5 nitrogen and oxygen atoms in total. The first-order valence-corrected chi connectivity index (χ1v) is 5.97. The van der Waals surface area contributed by atoms with Gasteiger partial charge in [0.15, 0.2) is 11.5 Å². The van der Waals surface area contributed by atoms with Crippen molar-refractivity contribution in [3.8, 4) is 11.5 Å². The molecule has 2 N–H and O–H groups in total. The van der Waals surface area contributed by atoms with Crippen LogP contribution in [0.5, 0.6) is 11.5 Å². The summed E-state index contributed by atoms with van der Waals surface area (Å²) in [5, 5.41) is 0. The molecule has 0 spiro atoms. The summed E-state index contributed by atoms with van der Waals surface area (Å²) < 4.78 is 11.1. The van der Waals surface area contributed by atoms with Crippen molar-refractivity contribution < 1.29 is 14.3 Å². The minimum atomic E-state index is -0.494. The highest BCUT2D eigenvalue weighted by atomic mass is 16.6. The van der Waals surface area contributed by atoms with Crippen molar-refractivity contribution in [1.82, 2.24) is 4.90 Å². The number of carbonyl (C=O) groups excluding carboxylic acids is 1. The molecular weight excluding hydrogens is 232 g/mol. The molecule has 0 saturated carbocycles. The Balaban J connectivity index is 2.17. The molecule has 2 rings (SSSR count). The molecule has 1 aliphatic rings. The second kappa shape index (κ2) is 5.27. The third-order valence-electron chi connectivity index (χ3n) is 2.82. The zero-order valence-corrected chi connectivity index (χ0v) is 10.7. The van der Waals surface area contributed by atoms with Gasteiger partial charge in [-0.2, -0.15) is 0 Å². The zero-order valence-electron chi connectivity index (χ0n) is 10.7. The lowest BCUT2D eigenvalue weighted by Gasteiger charge is -2.24. The summed E-state index contributed by atoms with van der Waals surface area (Å²) >= 11 is 0. The summed E-state index contributed by atoms with van der Waals surface area (Å²) in [7, 11) is 1.73. The van der Waals surface area contributed by atoms with E-state index in [1.54, 1.807) is 18.9 Å². The molecule has 0 bridgehead atoms. The van der Waals surface area contributed by atoms with Crippen molar-refractivity contribution in [2.45, 2.75) is 19.5 Å². The van der Waals surface area contributed by atoms with Crippen LogP contribution in [0.3, 0.4) is 0 Å². The summed E-state index contributed by atoms with van der Waals surface area (Å²) in [5.74, 6) is 1.37. The van der Waals surface area contributed by atoms with E-state index in [1.165, 1.54) is 0 Å². The van der Waals surface area contributed by atoms with Crippen molar-refractivity contribution in [1.29, 1.82) is 0 Å². The summed E-state index contributed by atoms with van der Waals surface area (Å²) in [4.78, 5) is 13.3. The monoisotopic (exact) mass is 250 g/mol. The maximum absolute atomic E-state index is 11.7. The van der Waals surface area contributed by atoms with Crippen LogP contribution in [0.4, 0.5) is 0 Å². The molecule has 0 aromatic heterocycles. The second-order valence-corrected chi connectivity index (χ2v) is 4.42. The number of nitrogens with two attached hydrogens (primary N) is 1. The van der Waals surface area contributed by atoms with Gasteiger partial charge in [0.05, 0.1) is 6.04 Å². The number of fused-ring (bicyclic) bond motifs is 1. The van der Waals surface area contributed by atoms with Crippen molar-refractivity contribution in [3.63, 3.8) is 0 Å². The number of amides is 1. The van der Waals surface area contributed by atoms with Gasteiger partial charge in [-0.05, 0) is 13.0 Å². The van der Waals surface area contributed by atoms with E-state index in [2.05, 4.69) is 0 Å². The van der Waals surface area contributed by atoms with Crippen LogP contribution in [0.25, 0.3) is 0 Å². The smallest absolute Gasteiger partial charge is 0.239 e. The maximum atomic E-state index is 11.7. The molecule has 5 heteroatoms. The number of ether oxygens (including phenoxy) is 2. The molecule has 1 aromatic carbocycles. The predicted molar refractivity (Wildman–Crippen MR) is 67.6 cm³/mol. The summed E-state index contributed by atoms with van der Waals surface area (Å²) in [6.07, 6.45) is 0. The molecule has 1 unspecified atom stereocenters. The minimum Gasteiger partial charge on any atom is -0.486 e. The lowest BCUT2D eigenvalue weighted by molar-refractivity contribution is -0.131. The third kappa shape index (κ3) is 2.56. The van der Waals surface area contributed by atoms with Crippen LogP contribution in [-0.2, 0) is 11.3 Å². The van der Waals surface area contributed by atoms with E-state index in [9.17, 15) is 4.79 Å². The molecule has 1 amide bonds. The molecule has 1 aliphatic heterocycles. The van der Waals surface area contributed by atoms with Crippen LogP contribution >= 0.6 is 0 Å². The Morgan fingerprint density at radius 2 is 2.17 bits per heavy atom. The zero-order chi connectivity index (χ0) is 13.1. The number of carbonyl (C=O) groups is 1.